The van der Waals surface area contributed by atoms with Crippen LogP contribution in [0.4, 0.5) is 0 Å². The van der Waals surface area contributed by atoms with Crippen LogP contribution in [0.25, 0.3) is 0 Å². The van der Waals surface area contributed by atoms with Crippen molar-refractivity contribution >= 4 is 12.4 Å². The summed E-state index contributed by atoms with van der Waals surface area (Å²) >= 11 is 0. The van der Waals surface area contributed by atoms with Crippen molar-refractivity contribution in [2.24, 2.45) is 5.73 Å². The molecule has 1 aromatic carbocycles. The molecule has 0 aliphatic carbocycles. The summed E-state index contributed by atoms with van der Waals surface area (Å²) in [7, 11) is 0. The van der Waals surface area contributed by atoms with E-state index in [1.54, 1.807) is 0 Å². The highest BCUT2D eigenvalue weighted by Crippen LogP contribution is 2.06. The van der Waals surface area contributed by atoms with E-state index in [0.717, 1.165) is 18.4 Å². The lowest BCUT2D eigenvalue weighted by Crippen LogP contribution is -2.21. The molecule has 0 saturated heterocycles. The van der Waals surface area contributed by atoms with Gasteiger partial charge in [-0.05, 0) is 30.5 Å². The Bertz CT molecular complexity index is 297. The topological polar surface area (TPSA) is 26.0 Å². The van der Waals surface area contributed by atoms with Gasteiger partial charge < -0.3 is 5.73 Å². The Kier molecular flexibility index (Phi) is 6.03. The quantitative estimate of drug-likeness (QED) is 0.761. The molecule has 0 saturated carbocycles. The Morgan fingerprint density at radius 3 is 2.36 bits per heavy atom. The summed E-state index contributed by atoms with van der Waals surface area (Å²) in [6.45, 7) is 2.10. The van der Waals surface area contributed by atoms with E-state index in [1.165, 1.54) is 5.56 Å². The predicted octanol–water partition coefficient (Wildman–Crippen LogP) is 2.37. The SMILES string of the molecule is C#Cc1ccc(CC(N)CC)cc1.Cl. The third-order valence-electron chi connectivity index (χ3n) is 2.14. The average molecular weight is 210 g/mol. The molecule has 0 aliphatic heterocycles. The molecule has 0 spiro atoms. The number of terminal acetylenes is 1. The van der Waals surface area contributed by atoms with Gasteiger partial charge >= 0.3 is 0 Å². The lowest BCUT2D eigenvalue weighted by atomic mass is 10.0. The number of benzene rings is 1. The monoisotopic (exact) mass is 209 g/mol. The summed E-state index contributed by atoms with van der Waals surface area (Å²) < 4.78 is 0. The maximum atomic E-state index is 5.84. The molecular formula is C12H16ClN. The van der Waals surface area contributed by atoms with Gasteiger partial charge in [0.1, 0.15) is 0 Å². The van der Waals surface area contributed by atoms with E-state index < -0.39 is 0 Å². The summed E-state index contributed by atoms with van der Waals surface area (Å²) in [6.07, 6.45) is 7.20. The standard InChI is InChI=1S/C12H15N.ClH/c1-3-10-5-7-11(8-6-10)9-12(13)4-2;/h1,5-8,12H,4,9,13H2,2H3;1H. The fraction of sp³-hybridized carbons (Fsp3) is 0.333. The first-order valence-electron chi connectivity index (χ1n) is 4.57. The molecule has 1 rings (SSSR count). The Morgan fingerprint density at radius 1 is 1.36 bits per heavy atom. The first-order valence-corrected chi connectivity index (χ1v) is 4.57. The van der Waals surface area contributed by atoms with Crippen LogP contribution in [-0.2, 0) is 6.42 Å². The van der Waals surface area contributed by atoms with Gasteiger partial charge in [-0.1, -0.05) is 25.0 Å². The molecule has 0 aromatic heterocycles. The van der Waals surface area contributed by atoms with Crippen LogP contribution in [0.1, 0.15) is 24.5 Å². The second-order valence-electron chi connectivity index (χ2n) is 3.21. The zero-order chi connectivity index (χ0) is 9.68. The van der Waals surface area contributed by atoms with E-state index in [1.807, 2.05) is 24.3 Å². The molecule has 0 bridgehead atoms. The van der Waals surface area contributed by atoms with Crippen molar-refractivity contribution < 1.29 is 0 Å². The molecule has 0 amide bonds. The van der Waals surface area contributed by atoms with Gasteiger partial charge in [-0.3, -0.25) is 0 Å². The van der Waals surface area contributed by atoms with Crippen LogP contribution < -0.4 is 5.73 Å². The lowest BCUT2D eigenvalue weighted by molar-refractivity contribution is 0.646. The lowest BCUT2D eigenvalue weighted by Gasteiger charge is -2.07. The Morgan fingerprint density at radius 2 is 1.93 bits per heavy atom. The number of rotatable bonds is 3. The predicted molar refractivity (Wildman–Crippen MR) is 63.6 cm³/mol. The Hall–Kier alpha value is -0.970. The van der Waals surface area contributed by atoms with Crippen molar-refractivity contribution in [1.82, 2.24) is 0 Å². The van der Waals surface area contributed by atoms with E-state index in [0.29, 0.717) is 0 Å². The molecule has 0 aliphatic rings. The number of hydrogen-bond donors (Lipinski definition) is 1. The van der Waals surface area contributed by atoms with Crippen LogP contribution in [0.3, 0.4) is 0 Å². The minimum Gasteiger partial charge on any atom is -0.327 e. The third kappa shape index (κ3) is 3.83. The maximum Gasteiger partial charge on any atom is 0.0242 e. The van der Waals surface area contributed by atoms with Crippen molar-refractivity contribution in [3.05, 3.63) is 35.4 Å². The average Bonchev–Trinajstić information content (AvgIpc) is 2.19. The Balaban J connectivity index is 0.00000169. The zero-order valence-electron chi connectivity index (χ0n) is 8.36. The highest BCUT2D eigenvalue weighted by molar-refractivity contribution is 5.85. The first-order chi connectivity index (χ1) is 6.26. The minimum absolute atomic E-state index is 0. The normalized spacial score (nSPS) is 11.2. The third-order valence-corrected chi connectivity index (χ3v) is 2.14. The van der Waals surface area contributed by atoms with Gasteiger partial charge in [0, 0.05) is 11.6 Å². The van der Waals surface area contributed by atoms with Crippen molar-refractivity contribution in [3.63, 3.8) is 0 Å². The van der Waals surface area contributed by atoms with Gasteiger partial charge in [-0.25, -0.2) is 0 Å². The highest BCUT2D eigenvalue weighted by atomic mass is 35.5. The van der Waals surface area contributed by atoms with Crippen LogP contribution in [0.15, 0.2) is 24.3 Å². The summed E-state index contributed by atoms with van der Waals surface area (Å²) in [5.41, 5.74) is 8.02. The van der Waals surface area contributed by atoms with Crippen molar-refractivity contribution in [2.75, 3.05) is 0 Å². The molecule has 1 atom stereocenters. The van der Waals surface area contributed by atoms with E-state index in [2.05, 4.69) is 12.8 Å². The summed E-state index contributed by atoms with van der Waals surface area (Å²) in [5, 5.41) is 0. The number of nitrogens with two attached hydrogens (primary N) is 1. The first kappa shape index (κ1) is 13.0. The largest absolute Gasteiger partial charge is 0.327 e. The summed E-state index contributed by atoms with van der Waals surface area (Å²) in [4.78, 5) is 0. The summed E-state index contributed by atoms with van der Waals surface area (Å²) in [6, 6.07) is 8.27. The van der Waals surface area contributed by atoms with Gasteiger partial charge in [0.05, 0.1) is 0 Å². The molecule has 2 N–H and O–H groups in total. The molecule has 1 nitrogen and oxygen atoms in total. The molecule has 1 unspecified atom stereocenters. The summed E-state index contributed by atoms with van der Waals surface area (Å²) in [5.74, 6) is 2.59. The molecule has 0 heterocycles. The van der Waals surface area contributed by atoms with E-state index in [-0.39, 0.29) is 18.4 Å². The molecule has 1 aromatic rings. The van der Waals surface area contributed by atoms with Gasteiger partial charge in [0.15, 0.2) is 0 Å². The molecule has 0 fully saturated rings. The smallest absolute Gasteiger partial charge is 0.0242 e. The van der Waals surface area contributed by atoms with Crippen molar-refractivity contribution in [1.29, 1.82) is 0 Å². The second-order valence-corrected chi connectivity index (χ2v) is 3.21. The van der Waals surface area contributed by atoms with Crippen LogP contribution in [0.5, 0.6) is 0 Å². The minimum atomic E-state index is 0. The molecular weight excluding hydrogens is 194 g/mol. The number of halogens is 1. The van der Waals surface area contributed by atoms with Crippen LogP contribution in [0.2, 0.25) is 0 Å². The second kappa shape index (κ2) is 6.48. The highest BCUT2D eigenvalue weighted by Gasteiger charge is 2.00. The van der Waals surface area contributed by atoms with E-state index in [9.17, 15) is 0 Å². The van der Waals surface area contributed by atoms with Crippen molar-refractivity contribution in [2.45, 2.75) is 25.8 Å². The van der Waals surface area contributed by atoms with Crippen molar-refractivity contribution in [3.8, 4) is 12.3 Å². The fourth-order valence-corrected chi connectivity index (χ4v) is 1.18. The van der Waals surface area contributed by atoms with Gasteiger partial charge in [0.2, 0.25) is 0 Å². The molecule has 14 heavy (non-hydrogen) atoms. The molecule has 0 radical (unpaired) electrons. The van der Waals surface area contributed by atoms with E-state index in [4.69, 9.17) is 12.2 Å². The van der Waals surface area contributed by atoms with Gasteiger partial charge in [-0.15, -0.1) is 18.8 Å². The number of hydrogen-bond acceptors (Lipinski definition) is 1. The van der Waals surface area contributed by atoms with Crippen LogP contribution in [-0.4, -0.2) is 6.04 Å². The van der Waals surface area contributed by atoms with Gasteiger partial charge in [0.25, 0.3) is 0 Å². The van der Waals surface area contributed by atoms with Crippen LogP contribution in [0, 0.1) is 12.3 Å². The fourth-order valence-electron chi connectivity index (χ4n) is 1.18. The molecule has 76 valence electrons. The zero-order valence-corrected chi connectivity index (χ0v) is 9.18. The Labute approximate surface area is 92.1 Å². The maximum absolute atomic E-state index is 5.84. The van der Waals surface area contributed by atoms with E-state index >= 15 is 0 Å². The van der Waals surface area contributed by atoms with Crippen LogP contribution >= 0.6 is 12.4 Å². The van der Waals surface area contributed by atoms with Gasteiger partial charge in [-0.2, -0.15) is 0 Å². The molecule has 2 heteroatoms.